The average molecular weight is 481 g/mol. The van der Waals surface area contributed by atoms with Gasteiger partial charge >= 0.3 is 0 Å². The molecule has 0 bridgehead atoms. The predicted molar refractivity (Wildman–Crippen MR) is 133 cm³/mol. The molecule has 0 spiro atoms. The Morgan fingerprint density at radius 1 is 1.20 bits per heavy atom. The van der Waals surface area contributed by atoms with Gasteiger partial charge in [0.2, 0.25) is 0 Å². The third-order valence-corrected chi connectivity index (χ3v) is 7.02. The van der Waals surface area contributed by atoms with Gasteiger partial charge in [0.05, 0.1) is 43.3 Å². The lowest BCUT2D eigenvalue weighted by atomic mass is 10.0. The summed E-state index contributed by atoms with van der Waals surface area (Å²) in [5.41, 5.74) is 5.18. The molecule has 1 saturated heterocycles. The number of carbonyl (C=O) groups excluding carboxylic acids is 2. The Bertz CT molecular complexity index is 1160. The summed E-state index contributed by atoms with van der Waals surface area (Å²) >= 11 is 0. The van der Waals surface area contributed by atoms with Crippen LogP contribution in [0.25, 0.3) is 11.6 Å². The Morgan fingerprint density at radius 3 is 2.77 bits per heavy atom. The summed E-state index contributed by atoms with van der Waals surface area (Å²) in [4.78, 5) is 33.5. The van der Waals surface area contributed by atoms with E-state index in [-0.39, 0.29) is 11.8 Å². The van der Waals surface area contributed by atoms with Crippen LogP contribution in [0, 0.1) is 6.92 Å². The molecule has 3 aliphatic heterocycles. The van der Waals surface area contributed by atoms with Gasteiger partial charge in [0.25, 0.3) is 11.8 Å². The highest BCUT2D eigenvalue weighted by molar-refractivity contribution is 6.35. The number of nitrogens with one attached hydrogen (secondary N) is 2. The van der Waals surface area contributed by atoms with Gasteiger partial charge < -0.3 is 29.8 Å². The van der Waals surface area contributed by atoms with E-state index < -0.39 is 6.10 Å². The van der Waals surface area contributed by atoms with Crippen molar-refractivity contribution >= 4 is 29.2 Å². The SMILES string of the molecule is COc1ccc2c(c1)NC(=O)/C2=C\c1[nH]c2c(c1C)C(=O)N(CC(O)CN1CCOCC1)CCC2. The zero-order valence-corrected chi connectivity index (χ0v) is 20.2. The first-order chi connectivity index (χ1) is 16.9. The number of ether oxygens (including phenoxy) is 2. The van der Waals surface area contributed by atoms with E-state index in [0.29, 0.717) is 55.4 Å². The second-order valence-electron chi connectivity index (χ2n) is 9.36. The number of carbonyl (C=O) groups is 2. The number of H-pyrrole nitrogens is 1. The quantitative estimate of drug-likeness (QED) is 0.546. The normalized spacial score (nSPS) is 20.4. The van der Waals surface area contributed by atoms with Crippen LogP contribution >= 0.6 is 0 Å². The van der Waals surface area contributed by atoms with Crippen LogP contribution in [-0.4, -0.2) is 90.9 Å². The summed E-state index contributed by atoms with van der Waals surface area (Å²) < 4.78 is 10.6. The molecule has 1 aromatic heterocycles. The number of fused-ring (bicyclic) bond motifs is 2. The first-order valence-electron chi connectivity index (χ1n) is 12.1. The number of aryl methyl sites for hydroxylation is 1. The highest BCUT2D eigenvalue weighted by Crippen LogP contribution is 2.36. The standard InChI is InChI=1S/C26H32N4O5/c1-16-22(13-20-19-6-5-18(34-2)12-23(19)28-25(20)32)27-21-4-3-7-30(26(33)24(16)21)15-17(31)14-29-8-10-35-11-9-29/h5-6,12-13,17,27,31H,3-4,7-11,14-15H2,1-2H3,(H,28,32)/b20-13-. The molecule has 1 unspecified atom stereocenters. The third kappa shape index (κ3) is 4.71. The van der Waals surface area contributed by atoms with Crippen molar-refractivity contribution in [1.29, 1.82) is 0 Å². The number of nitrogens with zero attached hydrogens (tertiary/aromatic N) is 2. The third-order valence-electron chi connectivity index (χ3n) is 7.02. The number of methoxy groups -OCH3 is 1. The molecule has 186 valence electrons. The zero-order chi connectivity index (χ0) is 24.5. The van der Waals surface area contributed by atoms with Crippen molar-refractivity contribution in [3.63, 3.8) is 0 Å². The molecule has 9 heteroatoms. The van der Waals surface area contributed by atoms with Crippen molar-refractivity contribution in [2.75, 3.05) is 58.4 Å². The number of aromatic nitrogens is 1. The van der Waals surface area contributed by atoms with Crippen LogP contribution in [0.2, 0.25) is 0 Å². The molecule has 0 aliphatic carbocycles. The maximum Gasteiger partial charge on any atom is 0.256 e. The number of amides is 2. The van der Waals surface area contributed by atoms with E-state index in [1.807, 2.05) is 25.1 Å². The second kappa shape index (κ2) is 9.85. The molecule has 1 aromatic carbocycles. The first kappa shape index (κ1) is 23.6. The van der Waals surface area contributed by atoms with Crippen LogP contribution in [0.3, 0.4) is 0 Å². The Kier molecular flexibility index (Phi) is 6.64. The van der Waals surface area contributed by atoms with Gasteiger partial charge in [-0.05, 0) is 43.5 Å². The summed E-state index contributed by atoms with van der Waals surface area (Å²) in [6.45, 7) is 6.30. The average Bonchev–Trinajstić information content (AvgIpc) is 3.27. The van der Waals surface area contributed by atoms with E-state index in [9.17, 15) is 14.7 Å². The van der Waals surface area contributed by atoms with Crippen LogP contribution in [0.1, 0.15) is 39.3 Å². The predicted octanol–water partition coefficient (Wildman–Crippen LogP) is 1.91. The summed E-state index contributed by atoms with van der Waals surface area (Å²) in [6, 6.07) is 5.49. The van der Waals surface area contributed by atoms with Crippen LogP contribution in [0.4, 0.5) is 5.69 Å². The molecular weight excluding hydrogens is 448 g/mol. The van der Waals surface area contributed by atoms with Crippen LogP contribution in [-0.2, 0) is 16.0 Å². The van der Waals surface area contributed by atoms with Crippen molar-refractivity contribution in [2.24, 2.45) is 0 Å². The van der Waals surface area contributed by atoms with Gasteiger partial charge in [0.1, 0.15) is 5.75 Å². The molecule has 1 fully saturated rings. The molecule has 3 aliphatic rings. The lowest BCUT2D eigenvalue weighted by Crippen LogP contribution is -2.46. The monoisotopic (exact) mass is 480 g/mol. The van der Waals surface area contributed by atoms with Gasteiger partial charge in [0.15, 0.2) is 0 Å². The van der Waals surface area contributed by atoms with Crippen LogP contribution in [0.5, 0.6) is 5.75 Å². The van der Waals surface area contributed by atoms with E-state index >= 15 is 0 Å². The van der Waals surface area contributed by atoms with Gasteiger partial charge in [-0.3, -0.25) is 14.5 Å². The van der Waals surface area contributed by atoms with Gasteiger partial charge in [0, 0.05) is 55.7 Å². The second-order valence-corrected chi connectivity index (χ2v) is 9.36. The van der Waals surface area contributed by atoms with Gasteiger partial charge in [-0.1, -0.05) is 0 Å². The summed E-state index contributed by atoms with van der Waals surface area (Å²) in [6.07, 6.45) is 2.75. The lowest BCUT2D eigenvalue weighted by Gasteiger charge is -2.31. The Morgan fingerprint density at radius 2 is 2.00 bits per heavy atom. The van der Waals surface area contributed by atoms with E-state index in [2.05, 4.69) is 15.2 Å². The Labute approximate surface area is 204 Å². The summed E-state index contributed by atoms with van der Waals surface area (Å²) in [5, 5.41) is 13.6. The minimum atomic E-state index is -0.616. The lowest BCUT2D eigenvalue weighted by molar-refractivity contribution is -0.110. The van der Waals surface area contributed by atoms with Crippen LogP contribution in [0.15, 0.2) is 18.2 Å². The molecule has 2 aromatic rings. The number of aromatic amines is 1. The number of β-amino-alcohol motifs (C(OH)–C–C–N with tert-alkyl or cyclic N) is 1. The fourth-order valence-electron chi connectivity index (χ4n) is 5.16. The highest BCUT2D eigenvalue weighted by atomic mass is 16.5. The minimum Gasteiger partial charge on any atom is -0.497 e. The number of aliphatic hydroxyl groups is 1. The molecule has 2 amide bonds. The summed E-state index contributed by atoms with van der Waals surface area (Å²) in [5.74, 6) is 0.420. The largest absolute Gasteiger partial charge is 0.497 e. The molecule has 4 heterocycles. The van der Waals surface area contributed by atoms with Gasteiger partial charge in [-0.2, -0.15) is 0 Å². The first-order valence-corrected chi connectivity index (χ1v) is 12.1. The number of hydrogen-bond acceptors (Lipinski definition) is 6. The molecular formula is C26H32N4O5. The van der Waals surface area contributed by atoms with Crippen molar-refractivity contribution in [3.05, 3.63) is 46.3 Å². The highest BCUT2D eigenvalue weighted by Gasteiger charge is 2.30. The van der Waals surface area contributed by atoms with Crippen molar-refractivity contribution in [2.45, 2.75) is 25.9 Å². The molecule has 0 radical (unpaired) electrons. The van der Waals surface area contributed by atoms with E-state index in [1.165, 1.54) is 0 Å². The minimum absolute atomic E-state index is 0.0714. The van der Waals surface area contributed by atoms with Crippen molar-refractivity contribution in [3.8, 4) is 5.75 Å². The zero-order valence-electron chi connectivity index (χ0n) is 20.2. The van der Waals surface area contributed by atoms with Crippen molar-refractivity contribution < 1.29 is 24.2 Å². The number of rotatable bonds is 6. The van der Waals surface area contributed by atoms with E-state index in [1.54, 1.807) is 18.1 Å². The Hall–Kier alpha value is -3.14. The smallest absolute Gasteiger partial charge is 0.256 e. The number of benzene rings is 1. The number of anilines is 1. The van der Waals surface area contributed by atoms with Crippen LogP contribution < -0.4 is 10.1 Å². The van der Waals surface area contributed by atoms with Gasteiger partial charge in [-0.25, -0.2) is 0 Å². The number of aliphatic hydroxyl groups excluding tert-OH is 1. The maximum absolute atomic E-state index is 13.5. The molecule has 1 atom stereocenters. The molecule has 5 rings (SSSR count). The van der Waals surface area contributed by atoms with Crippen molar-refractivity contribution in [1.82, 2.24) is 14.8 Å². The number of hydrogen-bond donors (Lipinski definition) is 3. The Balaban J connectivity index is 1.37. The molecule has 9 nitrogen and oxygen atoms in total. The van der Waals surface area contributed by atoms with E-state index in [4.69, 9.17) is 9.47 Å². The number of morpholine rings is 1. The fraction of sp³-hybridized carbons (Fsp3) is 0.462. The molecule has 0 saturated carbocycles. The topological polar surface area (TPSA) is 107 Å². The summed E-state index contributed by atoms with van der Waals surface area (Å²) in [7, 11) is 1.59. The molecule has 35 heavy (non-hydrogen) atoms. The van der Waals surface area contributed by atoms with Gasteiger partial charge in [-0.15, -0.1) is 0 Å². The van der Waals surface area contributed by atoms with E-state index in [0.717, 1.165) is 48.4 Å². The molecule has 3 N–H and O–H groups in total. The fourth-order valence-corrected chi connectivity index (χ4v) is 5.16. The maximum atomic E-state index is 13.5.